The Morgan fingerprint density at radius 3 is 1.92 bits per heavy atom. The third-order valence-electron chi connectivity index (χ3n) is 4.16. The van der Waals surface area contributed by atoms with Crippen molar-refractivity contribution in [3.05, 3.63) is 34.9 Å². The van der Waals surface area contributed by atoms with Crippen LogP contribution in [0.3, 0.4) is 0 Å². The van der Waals surface area contributed by atoms with Crippen molar-refractivity contribution in [2.75, 3.05) is 13.2 Å². The smallest absolute Gasteiger partial charge is 0.327 e. The fourth-order valence-corrected chi connectivity index (χ4v) is 3.22. The molecule has 0 aromatic heterocycles. The molecule has 1 aliphatic carbocycles. The van der Waals surface area contributed by atoms with E-state index >= 15 is 0 Å². The van der Waals surface area contributed by atoms with Crippen molar-refractivity contribution >= 4 is 23.5 Å². The highest BCUT2D eigenvalue weighted by Crippen LogP contribution is 2.75. The minimum absolute atomic E-state index is 0.0142. The summed E-state index contributed by atoms with van der Waals surface area (Å²) in [6, 6.07) is 9.97. The summed E-state index contributed by atoms with van der Waals surface area (Å²) in [5, 5.41) is 19.7. The lowest BCUT2D eigenvalue weighted by molar-refractivity contribution is -0.165. The first kappa shape index (κ1) is 17.8. The van der Waals surface area contributed by atoms with Crippen LogP contribution in [0.15, 0.2) is 24.3 Å². The molecule has 0 radical (unpaired) electrons. The summed E-state index contributed by atoms with van der Waals surface area (Å²) in [7, 11) is 0. The minimum Gasteiger partial charge on any atom is -0.465 e. The molecule has 1 unspecified atom stereocenters. The van der Waals surface area contributed by atoms with Gasteiger partial charge in [0.25, 0.3) is 0 Å². The predicted octanol–water partition coefficient (Wildman–Crippen LogP) is 2.58. The van der Waals surface area contributed by atoms with E-state index in [-0.39, 0.29) is 13.2 Å². The quantitative estimate of drug-likeness (QED) is 0.600. The van der Waals surface area contributed by atoms with Gasteiger partial charge in [0.15, 0.2) is 5.41 Å². The van der Waals surface area contributed by atoms with Crippen LogP contribution in [0, 0.1) is 33.5 Å². The molecule has 0 aliphatic heterocycles. The normalized spacial score (nSPS) is 19.5. The second-order valence-electron chi connectivity index (χ2n) is 5.27. The van der Waals surface area contributed by atoms with Gasteiger partial charge >= 0.3 is 11.9 Å². The highest BCUT2D eigenvalue weighted by Gasteiger charge is 2.89. The number of benzene rings is 1. The molecule has 1 aromatic carbocycles. The molecule has 0 heterocycles. The van der Waals surface area contributed by atoms with Crippen LogP contribution in [-0.2, 0) is 19.1 Å². The standard InChI is InChI=1S/C17H15ClN2O4/c1-3-23-14(21)17(15(22)24-4-2)13(16(17,9-19)10-20)11-5-7-12(18)8-6-11/h5-8,13H,3-4H2,1-2H3. The molecule has 0 saturated heterocycles. The molecule has 0 spiro atoms. The first-order valence-corrected chi connectivity index (χ1v) is 7.76. The Labute approximate surface area is 144 Å². The summed E-state index contributed by atoms with van der Waals surface area (Å²) in [6.45, 7) is 3.19. The number of esters is 2. The zero-order chi connectivity index (χ0) is 18.0. The summed E-state index contributed by atoms with van der Waals surface area (Å²) >= 11 is 5.86. The van der Waals surface area contributed by atoms with E-state index < -0.39 is 28.7 Å². The fraction of sp³-hybridized carbons (Fsp3) is 0.412. The third kappa shape index (κ3) is 2.23. The van der Waals surface area contributed by atoms with Crippen molar-refractivity contribution in [3.63, 3.8) is 0 Å². The number of rotatable bonds is 5. The van der Waals surface area contributed by atoms with E-state index in [1.807, 2.05) is 12.1 Å². The third-order valence-corrected chi connectivity index (χ3v) is 4.41. The Kier molecular flexibility index (Phi) is 4.82. The molecular formula is C17H15ClN2O4. The van der Waals surface area contributed by atoms with E-state index in [0.717, 1.165) is 0 Å². The second kappa shape index (κ2) is 6.51. The zero-order valence-corrected chi connectivity index (χ0v) is 14.0. The lowest BCUT2D eigenvalue weighted by Crippen LogP contribution is -2.35. The molecule has 0 amide bonds. The van der Waals surface area contributed by atoms with Crippen molar-refractivity contribution < 1.29 is 19.1 Å². The van der Waals surface area contributed by atoms with Gasteiger partial charge in [0.2, 0.25) is 5.41 Å². The van der Waals surface area contributed by atoms with Gasteiger partial charge in [0, 0.05) is 10.9 Å². The lowest BCUT2D eigenvalue weighted by Gasteiger charge is -2.15. The van der Waals surface area contributed by atoms with Crippen molar-refractivity contribution in [3.8, 4) is 12.1 Å². The Morgan fingerprint density at radius 2 is 1.54 bits per heavy atom. The molecule has 24 heavy (non-hydrogen) atoms. The Bertz CT molecular complexity index is 713. The van der Waals surface area contributed by atoms with Crippen molar-refractivity contribution in [2.24, 2.45) is 10.8 Å². The highest BCUT2D eigenvalue weighted by molar-refractivity contribution is 6.30. The molecule has 6 nitrogen and oxygen atoms in total. The van der Waals surface area contributed by atoms with Gasteiger partial charge in [-0.05, 0) is 31.5 Å². The topological polar surface area (TPSA) is 100 Å². The summed E-state index contributed by atoms with van der Waals surface area (Å²) in [5.74, 6) is -2.83. The van der Waals surface area contributed by atoms with Gasteiger partial charge in [-0.25, -0.2) is 0 Å². The van der Waals surface area contributed by atoms with E-state index in [4.69, 9.17) is 21.1 Å². The maximum absolute atomic E-state index is 12.6. The number of hydrogen-bond acceptors (Lipinski definition) is 6. The van der Waals surface area contributed by atoms with Gasteiger partial charge in [0.05, 0.1) is 25.4 Å². The Morgan fingerprint density at radius 1 is 1.08 bits per heavy atom. The molecule has 7 heteroatoms. The molecule has 2 rings (SSSR count). The van der Waals surface area contributed by atoms with Crippen LogP contribution in [0.25, 0.3) is 0 Å². The number of ether oxygens (including phenoxy) is 2. The first-order valence-electron chi connectivity index (χ1n) is 7.38. The van der Waals surface area contributed by atoms with Gasteiger partial charge in [-0.2, -0.15) is 10.5 Å². The Hall–Kier alpha value is -2.57. The van der Waals surface area contributed by atoms with Gasteiger partial charge in [-0.15, -0.1) is 0 Å². The van der Waals surface area contributed by atoms with Crippen molar-refractivity contribution in [1.29, 1.82) is 10.5 Å². The lowest BCUT2D eigenvalue weighted by atomic mass is 9.95. The first-order chi connectivity index (χ1) is 11.5. The summed E-state index contributed by atoms with van der Waals surface area (Å²) < 4.78 is 10.0. The van der Waals surface area contributed by atoms with E-state index in [0.29, 0.717) is 10.6 Å². The van der Waals surface area contributed by atoms with E-state index in [2.05, 4.69) is 0 Å². The number of halogens is 1. The van der Waals surface area contributed by atoms with E-state index in [1.54, 1.807) is 38.1 Å². The zero-order valence-electron chi connectivity index (χ0n) is 13.2. The molecule has 1 fully saturated rings. The molecule has 0 bridgehead atoms. The van der Waals surface area contributed by atoms with Crippen molar-refractivity contribution in [2.45, 2.75) is 19.8 Å². The van der Waals surface area contributed by atoms with Crippen LogP contribution in [0.2, 0.25) is 5.02 Å². The predicted molar refractivity (Wildman–Crippen MR) is 83.6 cm³/mol. The molecule has 124 valence electrons. The second-order valence-corrected chi connectivity index (χ2v) is 5.70. The molecule has 1 aliphatic rings. The van der Waals surface area contributed by atoms with Crippen LogP contribution in [0.5, 0.6) is 0 Å². The van der Waals surface area contributed by atoms with Gasteiger partial charge < -0.3 is 9.47 Å². The summed E-state index contributed by atoms with van der Waals surface area (Å²) in [6.07, 6.45) is 0. The fourth-order valence-electron chi connectivity index (χ4n) is 3.09. The number of carbonyl (C=O) groups is 2. The van der Waals surface area contributed by atoms with Gasteiger partial charge in [-0.3, -0.25) is 9.59 Å². The van der Waals surface area contributed by atoms with Gasteiger partial charge in [-0.1, -0.05) is 23.7 Å². The minimum atomic E-state index is -1.99. The van der Waals surface area contributed by atoms with Crippen LogP contribution < -0.4 is 0 Å². The number of nitrogens with zero attached hydrogens (tertiary/aromatic N) is 2. The summed E-state index contributed by atoms with van der Waals surface area (Å²) in [4.78, 5) is 25.2. The number of carbonyl (C=O) groups excluding carboxylic acids is 2. The molecule has 1 atom stereocenters. The van der Waals surface area contributed by atoms with E-state index in [1.165, 1.54) is 0 Å². The average Bonchev–Trinajstić information content (AvgIpc) is 3.21. The molecule has 0 N–H and O–H groups in total. The van der Waals surface area contributed by atoms with Crippen LogP contribution in [0.4, 0.5) is 0 Å². The maximum atomic E-state index is 12.6. The van der Waals surface area contributed by atoms with Crippen LogP contribution in [-0.4, -0.2) is 25.2 Å². The SMILES string of the molecule is CCOC(=O)C1(C(=O)OCC)C(c2ccc(Cl)cc2)C1(C#N)C#N. The van der Waals surface area contributed by atoms with Crippen LogP contribution in [0.1, 0.15) is 25.3 Å². The van der Waals surface area contributed by atoms with Gasteiger partial charge in [0.1, 0.15) is 0 Å². The number of nitriles is 2. The largest absolute Gasteiger partial charge is 0.465 e. The average molecular weight is 347 g/mol. The maximum Gasteiger partial charge on any atom is 0.327 e. The molecule has 1 aromatic rings. The molecular weight excluding hydrogens is 332 g/mol. The molecule has 1 saturated carbocycles. The van der Waals surface area contributed by atoms with Crippen LogP contribution >= 0.6 is 11.6 Å². The van der Waals surface area contributed by atoms with E-state index in [9.17, 15) is 20.1 Å². The highest BCUT2D eigenvalue weighted by atomic mass is 35.5. The summed E-state index contributed by atoms with van der Waals surface area (Å²) in [5.41, 5.74) is -3.39. The van der Waals surface area contributed by atoms with Crippen molar-refractivity contribution in [1.82, 2.24) is 0 Å². The Balaban J connectivity index is 2.64. The number of hydrogen-bond donors (Lipinski definition) is 0. The monoisotopic (exact) mass is 346 g/mol.